The summed E-state index contributed by atoms with van der Waals surface area (Å²) in [5.74, 6) is 1.37. The Morgan fingerprint density at radius 3 is 2.26 bits per heavy atom. The van der Waals surface area contributed by atoms with Gasteiger partial charge in [0.25, 0.3) is 0 Å². The second kappa shape index (κ2) is 6.23. The van der Waals surface area contributed by atoms with Crippen LogP contribution in [-0.4, -0.2) is 13.2 Å². The van der Waals surface area contributed by atoms with E-state index >= 15 is 0 Å². The summed E-state index contributed by atoms with van der Waals surface area (Å²) >= 11 is 0. The van der Waals surface area contributed by atoms with Gasteiger partial charge in [0.2, 0.25) is 0 Å². The van der Waals surface area contributed by atoms with Gasteiger partial charge in [-0.1, -0.05) is 0 Å². The van der Waals surface area contributed by atoms with Crippen LogP contribution in [0.15, 0.2) is 10.5 Å². The van der Waals surface area contributed by atoms with Gasteiger partial charge < -0.3 is 19.2 Å². The minimum absolute atomic E-state index is 0.183. The smallest absolute Gasteiger partial charge is 0.335 e. The van der Waals surface area contributed by atoms with Crippen LogP contribution < -0.4 is 5.73 Å². The lowest BCUT2D eigenvalue weighted by atomic mass is 10.0. The van der Waals surface area contributed by atoms with E-state index in [9.17, 15) is 4.57 Å². The monoisotopic (exact) mass is 289 g/mol. The summed E-state index contributed by atoms with van der Waals surface area (Å²) in [6.07, 6.45) is 0.183. The van der Waals surface area contributed by atoms with Crippen molar-refractivity contribution in [2.75, 3.05) is 13.2 Å². The summed E-state index contributed by atoms with van der Waals surface area (Å²) in [5.41, 5.74) is 6.23. The van der Waals surface area contributed by atoms with E-state index in [2.05, 4.69) is 0 Å². The molecule has 0 aliphatic rings. The zero-order chi connectivity index (χ0) is 14.7. The first-order valence-electron chi connectivity index (χ1n) is 6.48. The molecule has 1 heterocycles. The molecule has 0 saturated carbocycles. The maximum atomic E-state index is 12.5. The highest BCUT2D eigenvalue weighted by Crippen LogP contribution is 2.52. The summed E-state index contributed by atoms with van der Waals surface area (Å²) in [4.78, 5) is 0. The van der Waals surface area contributed by atoms with Gasteiger partial charge in [-0.05, 0) is 40.7 Å². The number of hydrogen-bond donors (Lipinski definition) is 1. The van der Waals surface area contributed by atoms with Crippen LogP contribution in [0.2, 0.25) is 0 Å². The summed E-state index contributed by atoms with van der Waals surface area (Å²) in [6.45, 7) is 9.80. The summed E-state index contributed by atoms with van der Waals surface area (Å²) in [6, 6.07) is 1.84. The first kappa shape index (κ1) is 16.4. The van der Waals surface area contributed by atoms with E-state index < -0.39 is 13.1 Å². The van der Waals surface area contributed by atoms with Crippen LogP contribution in [0, 0.1) is 6.92 Å². The van der Waals surface area contributed by atoms with E-state index in [4.69, 9.17) is 19.2 Å². The molecule has 1 rings (SSSR count). The summed E-state index contributed by atoms with van der Waals surface area (Å²) in [5, 5.41) is 0. The molecule has 0 unspecified atom stereocenters. The standard InChI is InChI=1S/C13H24NO4P/c1-6-16-19(15,17-7-2)9-11-8-10(3)18-12(11)13(4,5)14/h8H,6-7,9,14H2,1-5H3. The second-order valence-electron chi connectivity index (χ2n) is 5.04. The van der Waals surface area contributed by atoms with Crippen LogP contribution in [-0.2, 0) is 25.3 Å². The van der Waals surface area contributed by atoms with Crippen molar-refractivity contribution < 1.29 is 18.0 Å². The normalized spacial score (nSPS) is 12.9. The molecular weight excluding hydrogens is 265 g/mol. The Hall–Kier alpha value is -0.610. The van der Waals surface area contributed by atoms with Gasteiger partial charge in [-0.2, -0.15) is 0 Å². The minimum Gasteiger partial charge on any atom is -0.464 e. The van der Waals surface area contributed by atoms with Crippen LogP contribution in [0.3, 0.4) is 0 Å². The first-order chi connectivity index (χ1) is 8.72. The predicted molar refractivity (Wildman–Crippen MR) is 75.2 cm³/mol. The number of nitrogens with two attached hydrogens (primary N) is 1. The molecule has 6 heteroatoms. The zero-order valence-electron chi connectivity index (χ0n) is 12.4. The van der Waals surface area contributed by atoms with Crippen molar-refractivity contribution in [3.8, 4) is 0 Å². The average molecular weight is 289 g/mol. The molecule has 0 aromatic carbocycles. The van der Waals surface area contributed by atoms with E-state index in [0.29, 0.717) is 19.0 Å². The number of aryl methyl sites for hydroxylation is 1. The third-order valence-corrected chi connectivity index (χ3v) is 4.56. The number of furan rings is 1. The topological polar surface area (TPSA) is 74.7 Å². The molecule has 0 aliphatic carbocycles. The van der Waals surface area contributed by atoms with Crippen LogP contribution in [0.1, 0.15) is 44.8 Å². The quantitative estimate of drug-likeness (QED) is 0.777. The number of hydrogen-bond acceptors (Lipinski definition) is 5. The molecule has 0 aliphatic heterocycles. The number of rotatable bonds is 7. The van der Waals surface area contributed by atoms with Gasteiger partial charge in [0.1, 0.15) is 11.5 Å². The molecule has 0 atom stereocenters. The first-order valence-corrected chi connectivity index (χ1v) is 8.21. The Morgan fingerprint density at radius 1 is 1.32 bits per heavy atom. The van der Waals surface area contributed by atoms with Crippen LogP contribution in [0.4, 0.5) is 0 Å². The third-order valence-electron chi connectivity index (χ3n) is 2.53. The van der Waals surface area contributed by atoms with Crippen LogP contribution in [0.5, 0.6) is 0 Å². The minimum atomic E-state index is -3.14. The van der Waals surface area contributed by atoms with Crippen molar-refractivity contribution >= 4 is 7.60 Å². The van der Waals surface area contributed by atoms with Gasteiger partial charge in [0.15, 0.2) is 0 Å². The van der Waals surface area contributed by atoms with E-state index in [1.54, 1.807) is 13.8 Å². The van der Waals surface area contributed by atoms with Crippen LogP contribution >= 0.6 is 7.60 Å². The molecule has 0 radical (unpaired) electrons. The van der Waals surface area contributed by atoms with Crippen LogP contribution in [0.25, 0.3) is 0 Å². The molecular formula is C13H24NO4P. The van der Waals surface area contributed by atoms with Crippen molar-refractivity contribution in [1.29, 1.82) is 0 Å². The Morgan fingerprint density at radius 2 is 1.84 bits per heavy atom. The third kappa shape index (κ3) is 4.46. The van der Waals surface area contributed by atoms with Gasteiger partial charge >= 0.3 is 7.60 Å². The van der Waals surface area contributed by atoms with E-state index in [-0.39, 0.29) is 6.16 Å². The Kier molecular flexibility index (Phi) is 5.39. The molecule has 1 aromatic rings. The van der Waals surface area contributed by atoms with E-state index in [1.165, 1.54) is 0 Å². The Bertz CT molecular complexity index is 452. The van der Waals surface area contributed by atoms with E-state index in [0.717, 1.165) is 11.3 Å². The molecule has 19 heavy (non-hydrogen) atoms. The van der Waals surface area contributed by atoms with Gasteiger partial charge in [0.05, 0.1) is 24.9 Å². The molecule has 0 amide bonds. The molecule has 0 fully saturated rings. The highest BCUT2D eigenvalue weighted by atomic mass is 31.2. The molecule has 110 valence electrons. The molecule has 0 saturated heterocycles. The van der Waals surface area contributed by atoms with Crippen molar-refractivity contribution in [3.63, 3.8) is 0 Å². The Balaban J connectivity index is 3.06. The fourth-order valence-corrected chi connectivity index (χ4v) is 3.66. The largest absolute Gasteiger partial charge is 0.464 e. The molecule has 1 aromatic heterocycles. The van der Waals surface area contributed by atoms with Crippen molar-refractivity contribution in [2.24, 2.45) is 5.73 Å². The SMILES string of the molecule is CCOP(=O)(Cc1cc(C)oc1C(C)(C)N)OCC. The van der Waals surface area contributed by atoms with Gasteiger partial charge in [-0.25, -0.2) is 0 Å². The predicted octanol–water partition coefficient (Wildman–Crippen LogP) is 3.55. The second-order valence-corrected chi connectivity index (χ2v) is 7.09. The fourth-order valence-electron chi connectivity index (χ4n) is 1.96. The van der Waals surface area contributed by atoms with Gasteiger partial charge in [0, 0.05) is 5.56 Å². The highest BCUT2D eigenvalue weighted by Gasteiger charge is 2.31. The lowest BCUT2D eigenvalue weighted by Gasteiger charge is -2.20. The maximum absolute atomic E-state index is 12.5. The molecule has 5 nitrogen and oxygen atoms in total. The maximum Gasteiger partial charge on any atom is 0.335 e. The zero-order valence-corrected chi connectivity index (χ0v) is 13.3. The Labute approximate surface area is 115 Å². The lowest BCUT2D eigenvalue weighted by Crippen LogP contribution is -2.29. The van der Waals surface area contributed by atoms with Gasteiger partial charge in [-0.3, -0.25) is 4.57 Å². The fraction of sp³-hybridized carbons (Fsp3) is 0.692. The van der Waals surface area contributed by atoms with E-state index in [1.807, 2.05) is 26.8 Å². The molecule has 2 N–H and O–H groups in total. The molecule has 0 spiro atoms. The highest BCUT2D eigenvalue weighted by molar-refractivity contribution is 7.53. The summed E-state index contributed by atoms with van der Waals surface area (Å²) < 4.78 is 28.8. The lowest BCUT2D eigenvalue weighted by molar-refractivity contribution is 0.219. The molecule has 0 bridgehead atoms. The average Bonchev–Trinajstić information content (AvgIpc) is 2.59. The van der Waals surface area contributed by atoms with Crippen molar-refractivity contribution in [2.45, 2.75) is 46.3 Å². The van der Waals surface area contributed by atoms with Crippen molar-refractivity contribution in [3.05, 3.63) is 23.2 Å². The summed E-state index contributed by atoms with van der Waals surface area (Å²) in [7, 11) is -3.14. The van der Waals surface area contributed by atoms with Gasteiger partial charge in [-0.15, -0.1) is 0 Å². The van der Waals surface area contributed by atoms with Crippen molar-refractivity contribution in [1.82, 2.24) is 0 Å².